The Kier molecular flexibility index (Phi) is 3.56. The van der Waals surface area contributed by atoms with Crippen LogP contribution < -0.4 is 0 Å². The van der Waals surface area contributed by atoms with E-state index in [9.17, 15) is 4.79 Å². The van der Waals surface area contributed by atoms with Crippen molar-refractivity contribution in [2.75, 3.05) is 0 Å². The zero-order valence-corrected chi connectivity index (χ0v) is 13.3. The maximum Gasteiger partial charge on any atom is 0.348 e. The summed E-state index contributed by atoms with van der Waals surface area (Å²) in [5.74, 6) is 0.288. The minimum atomic E-state index is -0.278. The predicted molar refractivity (Wildman–Crippen MR) is 85.3 cm³/mol. The predicted octanol–water partition coefficient (Wildman–Crippen LogP) is 4.31. The Hall–Kier alpha value is -1.92. The van der Waals surface area contributed by atoms with Crippen LogP contribution in [-0.4, -0.2) is 11.0 Å². The lowest BCUT2D eigenvalue weighted by Crippen LogP contribution is -2.03. The summed E-state index contributed by atoms with van der Waals surface area (Å²) in [6.07, 6.45) is 4.89. The second-order valence-electron chi connectivity index (χ2n) is 5.11. The summed E-state index contributed by atoms with van der Waals surface area (Å²) in [5, 5.41) is 1.97. The molecule has 0 atom stereocenters. The van der Waals surface area contributed by atoms with Crippen molar-refractivity contribution in [1.82, 2.24) is 4.98 Å². The molecule has 0 spiro atoms. The lowest BCUT2D eigenvalue weighted by atomic mass is 10.2. The van der Waals surface area contributed by atoms with Crippen molar-refractivity contribution in [3.63, 3.8) is 0 Å². The Labute approximate surface area is 135 Å². The van der Waals surface area contributed by atoms with Crippen LogP contribution in [-0.2, 0) is 24.2 Å². The van der Waals surface area contributed by atoms with Crippen molar-refractivity contribution in [2.45, 2.75) is 25.9 Å². The maximum absolute atomic E-state index is 12.1. The van der Waals surface area contributed by atoms with Gasteiger partial charge in [0.25, 0.3) is 0 Å². The number of fused-ring (bicyclic) bond motifs is 1. The molecule has 0 radical (unpaired) electrons. The quantitative estimate of drug-likeness (QED) is 0.669. The molecule has 3 aromatic rings. The number of thiophene rings is 2. The topological polar surface area (TPSA) is 52.3 Å². The van der Waals surface area contributed by atoms with Crippen LogP contribution in [0.25, 0.3) is 10.8 Å². The highest BCUT2D eigenvalue weighted by atomic mass is 32.1. The van der Waals surface area contributed by atoms with E-state index in [-0.39, 0.29) is 12.6 Å². The molecule has 6 heteroatoms. The summed E-state index contributed by atoms with van der Waals surface area (Å²) in [6.45, 7) is 0.135. The number of carbonyl (C=O) groups is 1. The van der Waals surface area contributed by atoms with E-state index in [1.54, 1.807) is 22.7 Å². The van der Waals surface area contributed by atoms with Gasteiger partial charge in [0.1, 0.15) is 23.4 Å². The van der Waals surface area contributed by atoms with E-state index in [4.69, 9.17) is 9.15 Å². The summed E-state index contributed by atoms with van der Waals surface area (Å²) in [5.41, 5.74) is 1.93. The van der Waals surface area contributed by atoms with E-state index < -0.39 is 0 Å². The number of hydrogen-bond donors (Lipinski definition) is 0. The highest BCUT2D eigenvalue weighted by Gasteiger charge is 2.19. The first-order chi connectivity index (χ1) is 10.8. The molecule has 112 valence electrons. The zero-order chi connectivity index (χ0) is 14.9. The fraction of sp³-hybridized carbons (Fsp3) is 0.250. The van der Waals surface area contributed by atoms with E-state index >= 15 is 0 Å². The first-order valence-electron chi connectivity index (χ1n) is 7.06. The van der Waals surface area contributed by atoms with E-state index in [1.807, 2.05) is 23.6 Å². The second kappa shape index (κ2) is 5.70. The number of oxazole rings is 1. The molecular formula is C16H13NO3S2. The third-order valence-corrected chi connectivity index (χ3v) is 5.66. The minimum Gasteiger partial charge on any atom is -0.455 e. The third kappa shape index (κ3) is 2.60. The van der Waals surface area contributed by atoms with Crippen LogP contribution in [0, 0.1) is 0 Å². The molecule has 3 aromatic heterocycles. The number of hydrogen-bond acceptors (Lipinski definition) is 6. The Morgan fingerprint density at radius 1 is 1.41 bits per heavy atom. The van der Waals surface area contributed by atoms with Crippen molar-refractivity contribution in [3.05, 3.63) is 50.9 Å². The summed E-state index contributed by atoms with van der Waals surface area (Å²) < 4.78 is 10.7. The molecule has 0 amide bonds. The molecule has 1 aliphatic rings. The number of carbonyl (C=O) groups excluding carboxylic acids is 1. The van der Waals surface area contributed by atoms with E-state index in [2.05, 4.69) is 4.98 Å². The number of ether oxygens (including phenoxy) is 1. The fourth-order valence-electron chi connectivity index (χ4n) is 2.53. The fourth-order valence-corrected chi connectivity index (χ4v) is 4.33. The van der Waals surface area contributed by atoms with E-state index in [0.29, 0.717) is 16.5 Å². The average Bonchev–Trinajstić information content (AvgIpc) is 3.26. The molecule has 0 N–H and O–H groups in total. The Morgan fingerprint density at radius 3 is 3.18 bits per heavy atom. The number of esters is 1. The van der Waals surface area contributed by atoms with Gasteiger partial charge in [-0.2, -0.15) is 0 Å². The van der Waals surface area contributed by atoms with Crippen molar-refractivity contribution in [2.24, 2.45) is 0 Å². The molecule has 4 nitrogen and oxygen atoms in total. The van der Waals surface area contributed by atoms with Gasteiger partial charge in [0.15, 0.2) is 0 Å². The number of aryl methyl sites for hydroxylation is 2. The van der Waals surface area contributed by atoms with Crippen LogP contribution in [0.15, 0.2) is 34.3 Å². The Balaban J connectivity index is 1.40. The van der Waals surface area contributed by atoms with Gasteiger partial charge in [-0.1, -0.05) is 6.07 Å². The SMILES string of the molecule is O=C(OCc1coc(-c2cccs2)n1)c1cc2c(s1)CCC2. The standard InChI is InChI=1S/C16H13NO3S2/c18-16(14-7-10-3-1-4-12(10)22-14)20-9-11-8-19-15(17-11)13-5-2-6-21-13/h2,5-8H,1,3-4,9H2. The third-order valence-electron chi connectivity index (χ3n) is 3.58. The molecular weight excluding hydrogens is 318 g/mol. The van der Waals surface area contributed by atoms with Gasteiger partial charge in [0.2, 0.25) is 5.89 Å². The minimum absolute atomic E-state index is 0.135. The van der Waals surface area contributed by atoms with Crippen LogP contribution in [0.1, 0.15) is 32.2 Å². The van der Waals surface area contributed by atoms with Gasteiger partial charge in [0.05, 0.1) is 4.88 Å². The van der Waals surface area contributed by atoms with Crippen LogP contribution in [0.3, 0.4) is 0 Å². The normalized spacial score (nSPS) is 13.3. The largest absolute Gasteiger partial charge is 0.455 e. The Morgan fingerprint density at radius 2 is 2.36 bits per heavy atom. The summed E-state index contributed by atoms with van der Waals surface area (Å²) in [7, 11) is 0. The molecule has 0 aliphatic heterocycles. The van der Waals surface area contributed by atoms with Gasteiger partial charge in [-0.25, -0.2) is 9.78 Å². The smallest absolute Gasteiger partial charge is 0.348 e. The molecule has 4 rings (SSSR count). The Bertz CT molecular complexity index is 780. The molecule has 0 saturated carbocycles. The van der Waals surface area contributed by atoms with Crippen LogP contribution >= 0.6 is 22.7 Å². The highest BCUT2D eigenvalue weighted by molar-refractivity contribution is 7.14. The number of aromatic nitrogens is 1. The molecule has 22 heavy (non-hydrogen) atoms. The maximum atomic E-state index is 12.1. The monoisotopic (exact) mass is 331 g/mol. The lowest BCUT2D eigenvalue weighted by Gasteiger charge is -1.99. The number of nitrogens with zero attached hydrogens (tertiary/aromatic N) is 1. The van der Waals surface area contributed by atoms with Crippen molar-refractivity contribution >= 4 is 28.6 Å². The molecule has 0 saturated heterocycles. The van der Waals surface area contributed by atoms with Crippen LogP contribution in [0.5, 0.6) is 0 Å². The molecule has 0 unspecified atom stereocenters. The number of rotatable bonds is 4. The van der Waals surface area contributed by atoms with Gasteiger partial charge in [-0.15, -0.1) is 22.7 Å². The summed E-state index contributed by atoms with van der Waals surface area (Å²) in [4.78, 5) is 19.4. The van der Waals surface area contributed by atoms with Crippen LogP contribution in [0.2, 0.25) is 0 Å². The molecule has 0 bridgehead atoms. The average molecular weight is 331 g/mol. The van der Waals surface area contributed by atoms with Gasteiger partial charge >= 0.3 is 5.97 Å². The van der Waals surface area contributed by atoms with Gasteiger partial charge in [0, 0.05) is 4.88 Å². The first-order valence-corrected chi connectivity index (χ1v) is 8.76. The van der Waals surface area contributed by atoms with Gasteiger partial charge < -0.3 is 9.15 Å². The van der Waals surface area contributed by atoms with E-state index in [1.165, 1.54) is 23.1 Å². The first kappa shape index (κ1) is 13.7. The van der Waals surface area contributed by atoms with Crippen molar-refractivity contribution in [1.29, 1.82) is 0 Å². The lowest BCUT2D eigenvalue weighted by molar-refractivity contribution is 0.0473. The summed E-state index contributed by atoms with van der Waals surface area (Å²) >= 11 is 3.11. The van der Waals surface area contributed by atoms with E-state index in [0.717, 1.165) is 17.7 Å². The van der Waals surface area contributed by atoms with Crippen molar-refractivity contribution in [3.8, 4) is 10.8 Å². The highest BCUT2D eigenvalue weighted by Crippen LogP contribution is 2.31. The molecule has 1 aliphatic carbocycles. The van der Waals surface area contributed by atoms with Crippen molar-refractivity contribution < 1.29 is 13.9 Å². The second-order valence-corrected chi connectivity index (χ2v) is 7.19. The molecule has 0 fully saturated rings. The zero-order valence-electron chi connectivity index (χ0n) is 11.7. The molecule has 3 heterocycles. The van der Waals surface area contributed by atoms with Crippen LogP contribution in [0.4, 0.5) is 0 Å². The molecule has 0 aromatic carbocycles. The van der Waals surface area contributed by atoms with Gasteiger partial charge in [-0.3, -0.25) is 0 Å². The van der Waals surface area contributed by atoms with Gasteiger partial charge in [-0.05, 0) is 42.3 Å². The summed E-state index contributed by atoms with van der Waals surface area (Å²) in [6, 6.07) is 5.86.